The van der Waals surface area contributed by atoms with Gasteiger partial charge in [0.25, 0.3) is 5.91 Å². The number of anilines is 3. The number of rotatable bonds is 4. The van der Waals surface area contributed by atoms with Crippen molar-refractivity contribution in [2.75, 3.05) is 41.7 Å². The second kappa shape index (κ2) is 8.55. The van der Waals surface area contributed by atoms with Gasteiger partial charge in [-0.25, -0.2) is 4.79 Å². The van der Waals surface area contributed by atoms with E-state index in [0.29, 0.717) is 11.3 Å². The number of urea groups is 1. The Kier molecular flexibility index (Phi) is 5.69. The lowest BCUT2D eigenvalue weighted by Crippen LogP contribution is -2.30. The minimum Gasteiger partial charge on any atom is -0.371 e. The summed E-state index contributed by atoms with van der Waals surface area (Å²) in [7, 11) is 0. The summed E-state index contributed by atoms with van der Waals surface area (Å²) in [5.74, 6) is 0.0620. The first kappa shape index (κ1) is 19.3. The maximum absolute atomic E-state index is 13.2. The van der Waals surface area contributed by atoms with Gasteiger partial charge in [-0.05, 0) is 62.9 Å². The average Bonchev–Trinajstić information content (AvgIpc) is 3.43. The molecule has 0 radical (unpaired) electrons. The number of aryl methyl sites for hydroxylation is 1. The quantitative estimate of drug-likeness (QED) is 0.807. The summed E-state index contributed by atoms with van der Waals surface area (Å²) >= 11 is 0. The summed E-state index contributed by atoms with van der Waals surface area (Å²) in [6.45, 7) is 5.57. The van der Waals surface area contributed by atoms with Gasteiger partial charge in [0, 0.05) is 43.2 Å². The molecule has 2 aromatic rings. The third-order valence-corrected chi connectivity index (χ3v) is 5.63. The van der Waals surface area contributed by atoms with Gasteiger partial charge in [-0.15, -0.1) is 0 Å². The molecule has 2 aliphatic heterocycles. The Bertz CT molecular complexity index is 882. The highest BCUT2D eigenvalue weighted by molar-refractivity contribution is 6.04. The van der Waals surface area contributed by atoms with Crippen LogP contribution in [0, 0.1) is 6.92 Å². The van der Waals surface area contributed by atoms with E-state index >= 15 is 0 Å². The second-order valence-corrected chi connectivity index (χ2v) is 7.87. The highest BCUT2D eigenvalue weighted by Crippen LogP contribution is 2.29. The molecular formula is C23H28N4O2. The number of hydrogen-bond acceptors (Lipinski definition) is 3. The molecule has 0 aromatic heterocycles. The van der Waals surface area contributed by atoms with Crippen molar-refractivity contribution in [2.45, 2.75) is 32.6 Å². The molecule has 152 valence electrons. The molecule has 3 amide bonds. The minimum absolute atomic E-state index is 0.0620. The lowest BCUT2D eigenvalue weighted by atomic mass is 10.1. The predicted octanol–water partition coefficient (Wildman–Crippen LogP) is 4.48. The topological polar surface area (TPSA) is 64.7 Å². The Hall–Kier alpha value is -3.02. The van der Waals surface area contributed by atoms with Gasteiger partial charge in [0.05, 0.1) is 5.56 Å². The second-order valence-electron chi connectivity index (χ2n) is 7.87. The fourth-order valence-electron chi connectivity index (χ4n) is 4.04. The monoisotopic (exact) mass is 392 g/mol. The van der Waals surface area contributed by atoms with E-state index in [1.165, 1.54) is 0 Å². The van der Waals surface area contributed by atoms with Crippen LogP contribution < -0.4 is 15.5 Å². The largest absolute Gasteiger partial charge is 0.371 e. The zero-order valence-corrected chi connectivity index (χ0v) is 16.9. The number of nitrogens with zero attached hydrogens (tertiary/aromatic N) is 2. The van der Waals surface area contributed by atoms with Crippen LogP contribution in [0.4, 0.5) is 21.9 Å². The van der Waals surface area contributed by atoms with Crippen LogP contribution in [0.2, 0.25) is 0 Å². The fourth-order valence-corrected chi connectivity index (χ4v) is 4.04. The zero-order chi connectivity index (χ0) is 20.2. The predicted molar refractivity (Wildman–Crippen MR) is 117 cm³/mol. The Labute approximate surface area is 171 Å². The van der Waals surface area contributed by atoms with Crippen molar-refractivity contribution in [3.8, 4) is 0 Å². The third-order valence-electron chi connectivity index (χ3n) is 5.63. The molecule has 0 atom stereocenters. The summed E-state index contributed by atoms with van der Waals surface area (Å²) in [6.07, 6.45) is 4.41. The van der Waals surface area contributed by atoms with E-state index in [2.05, 4.69) is 15.5 Å². The lowest BCUT2D eigenvalue weighted by Gasteiger charge is -2.24. The van der Waals surface area contributed by atoms with Crippen molar-refractivity contribution in [1.29, 1.82) is 0 Å². The highest BCUT2D eigenvalue weighted by atomic mass is 16.2. The van der Waals surface area contributed by atoms with Crippen molar-refractivity contribution in [3.05, 3.63) is 53.6 Å². The van der Waals surface area contributed by atoms with Crippen molar-refractivity contribution >= 4 is 29.0 Å². The summed E-state index contributed by atoms with van der Waals surface area (Å²) in [6, 6.07) is 13.0. The molecule has 2 aliphatic rings. The maximum atomic E-state index is 13.2. The van der Waals surface area contributed by atoms with Gasteiger partial charge < -0.3 is 20.4 Å². The number of amides is 3. The molecule has 2 saturated heterocycles. The van der Waals surface area contributed by atoms with Crippen LogP contribution in [0.1, 0.15) is 41.6 Å². The Balaban J connectivity index is 1.53. The summed E-state index contributed by atoms with van der Waals surface area (Å²) in [5, 5.41) is 5.70. The van der Waals surface area contributed by atoms with Crippen LogP contribution in [0.5, 0.6) is 0 Å². The third kappa shape index (κ3) is 4.53. The summed E-state index contributed by atoms with van der Waals surface area (Å²) < 4.78 is 0. The van der Waals surface area contributed by atoms with E-state index in [0.717, 1.165) is 68.8 Å². The molecule has 29 heavy (non-hydrogen) atoms. The van der Waals surface area contributed by atoms with Gasteiger partial charge in [-0.2, -0.15) is 0 Å². The van der Waals surface area contributed by atoms with Crippen molar-refractivity contribution in [3.63, 3.8) is 0 Å². The standard InChI is InChI=1S/C23H28N4O2/c1-17-6-8-18(9-7-17)24-23(29)25-19-10-11-21(26-12-2-3-13-26)20(16-19)22(28)27-14-4-5-15-27/h6-11,16H,2-5,12-15H2,1H3,(H2,24,25,29). The molecule has 2 N–H and O–H groups in total. The fraction of sp³-hybridized carbons (Fsp3) is 0.391. The first-order valence-electron chi connectivity index (χ1n) is 10.4. The molecule has 6 nitrogen and oxygen atoms in total. The molecule has 0 unspecified atom stereocenters. The Morgan fingerprint density at radius 2 is 1.38 bits per heavy atom. The number of hydrogen-bond donors (Lipinski definition) is 2. The first-order valence-corrected chi connectivity index (χ1v) is 10.4. The van der Waals surface area contributed by atoms with E-state index in [1.54, 1.807) is 0 Å². The maximum Gasteiger partial charge on any atom is 0.323 e. The van der Waals surface area contributed by atoms with E-state index < -0.39 is 0 Å². The van der Waals surface area contributed by atoms with E-state index in [-0.39, 0.29) is 11.9 Å². The minimum atomic E-state index is -0.317. The molecule has 6 heteroatoms. The molecule has 0 bridgehead atoms. The Morgan fingerprint density at radius 3 is 2.07 bits per heavy atom. The van der Waals surface area contributed by atoms with Gasteiger partial charge in [-0.3, -0.25) is 4.79 Å². The first-order chi connectivity index (χ1) is 14.1. The van der Waals surface area contributed by atoms with Crippen LogP contribution in [-0.2, 0) is 0 Å². The molecule has 2 fully saturated rings. The average molecular weight is 393 g/mol. The van der Waals surface area contributed by atoms with Gasteiger partial charge in [0.1, 0.15) is 0 Å². The van der Waals surface area contributed by atoms with Gasteiger partial charge in [0.2, 0.25) is 0 Å². The van der Waals surface area contributed by atoms with Crippen LogP contribution in [0.3, 0.4) is 0 Å². The van der Waals surface area contributed by atoms with Crippen LogP contribution in [0.15, 0.2) is 42.5 Å². The summed E-state index contributed by atoms with van der Waals surface area (Å²) in [4.78, 5) is 29.8. The lowest BCUT2D eigenvalue weighted by molar-refractivity contribution is 0.0793. The molecule has 0 spiro atoms. The molecule has 4 rings (SSSR count). The highest BCUT2D eigenvalue weighted by Gasteiger charge is 2.25. The van der Waals surface area contributed by atoms with E-state index in [1.807, 2.05) is 54.3 Å². The van der Waals surface area contributed by atoms with Gasteiger partial charge >= 0.3 is 6.03 Å². The number of carbonyl (C=O) groups excluding carboxylic acids is 2. The summed E-state index contributed by atoms with van der Waals surface area (Å²) in [5.41, 5.74) is 4.15. The number of likely N-dealkylation sites (tertiary alicyclic amines) is 1. The number of benzene rings is 2. The Morgan fingerprint density at radius 1 is 0.793 bits per heavy atom. The molecular weight excluding hydrogens is 364 g/mol. The van der Waals surface area contributed by atoms with Gasteiger partial charge in [-0.1, -0.05) is 17.7 Å². The van der Waals surface area contributed by atoms with E-state index in [4.69, 9.17) is 0 Å². The van der Waals surface area contributed by atoms with Crippen molar-refractivity contribution in [2.24, 2.45) is 0 Å². The molecule has 0 aliphatic carbocycles. The molecule has 2 heterocycles. The van der Waals surface area contributed by atoms with Crippen LogP contribution >= 0.6 is 0 Å². The van der Waals surface area contributed by atoms with Crippen molar-refractivity contribution in [1.82, 2.24) is 4.90 Å². The normalized spacial score (nSPS) is 16.2. The number of nitrogens with one attached hydrogen (secondary N) is 2. The zero-order valence-electron chi connectivity index (χ0n) is 16.9. The molecule has 0 saturated carbocycles. The van der Waals surface area contributed by atoms with Crippen molar-refractivity contribution < 1.29 is 9.59 Å². The molecule has 2 aromatic carbocycles. The van der Waals surface area contributed by atoms with E-state index in [9.17, 15) is 9.59 Å². The number of carbonyl (C=O) groups is 2. The van der Waals surface area contributed by atoms with Crippen LogP contribution in [0.25, 0.3) is 0 Å². The van der Waals surface area contributed by atoms with Crippen LogP contribution in [-0.4, -0.2) is 43.0 Å². The van der Waals surface area contributed by atoms with Gasteiger partial charge in [0.15, 0.2) is 0 Å². The smallest absolute Gasteiger partial charge is 0.323 e. The SMILES string of the molecule is Cc1ccc(NC(=O)Nc2ccc(N3CCCC3)c(C(=O)N3CCCC3)c2)cc1.